The Morgan fingerprint density at radius 3 is 1.67 bits per heavy atom. The van der Waals surface area contributed by atoms with Gasteiger partial charge in [0.15, 0.2) is 0 Å². The van der Waals surface area contributed by atoms with Crippen molar-refractivity contribution in [2.24, 2.45) is 16.7 Å². The zero-order valence-electron chi connectivity index (χ0n) is 30.1. The third-order valence-corrected chi connectivity index (χ3v) is 14.1. The number of fused-ring (bicyclic) bond motifs is 3. The predicted octanol–water partition coefficient (Wildman–Crippen LogP) is 10.4. The molecule has 3 atom stereocenters. The third kappa shape index (κ3) is 7.94. The Kier molecular flexibility index (Phi) is 13.0. The second-order valence-corrected chi connectivity index (χ2v) is 16.7. The molecule has 1 aromatic rings. The number of unbranched alkanes of at least 4 members (excludes halogenated alkanes) is 14. The van der Waals surface area contributed by atoms with E-state index in [9.17, 15) is 19.8 Å². The van der Waals surface area contributed by atoms with Crippen LogP contribution in [0.3, 0.4) is 0 Å². The Labute approximate surface area is 290 Å². The van der Waals surface area contributed by atoms with Gasteiger partial charge in [-0.1, -0.05) is 84.0 Å². The van der Waals surface area contributed by atoms with Crippen LogP contribution in [0.25, 0.3) is 0 Å². The lowest BCUT2D eigenvalue weighted by Crippen LogP contribution is -2.52. The van der Waals surface area contributed by atoms with Crippen molar-refractivity contribution in [3.63, 3.8) is 0 Å². The van der Waals surface area contributed by atoms with E-state index in [1.54, 1.807) is 5.56 Å². The summed E-state index contributed by atoms with van der Waals surface area (Å²) in [5.74, 6) is 0.350. The summed E-state index contributed by atoms with van der Waals surface area (Å²) >= 11 is 0. The van der Waals surface area contributed by atoms with E-state index in [0.29, 0.717) is 17.6 Å². The SMILES string of the molecule is C[C@]12CC[C@@H]3c4c(cc(O)c(CCCCCCCCCCC(=O)O)c4CCCCCCCCCCC(=O)O)CC[C@H]3[C@]13CC[C@]2(O)CC3. The number of hydrogen-bond acceptors (Lipinski definition) is 4. The Balaban J connectivity index is 1.22. The highest BCUT2D eigenvalue weighted by Crippen LogP contribution is 2.77. The molecule has 0 aliphatic heterocycles. The predicted molar refractivity (Wildman–Crippen MR) is 192 cm³/mol. The summed E-state index contributed by atoms with van der Waals surface area (Å²) in [4.78, 5) is 21.5. The summed E-state index contributed by atoms with van der Waals surface area (Å²) < 4.78 is 0. The summed E-state index contributed by atoms with van der Waals surface area (Å²) in [5.41, 5.74) is 5.59. The largest absolute Gasteiger partial charge is 0.508 e. The number of carboxylic acid groups (broad SMARTS) is 2. The third-order valence-electron chi connectivity index (χ3n) is 14.1. The molecule has 3 saturated carbocycles. The van der Waals surface area contributed by atoms with E-state index in [1.165, 1.54) is 93.7 Å². The van der Waals surface area contributed by atoms with Gasteiger partial charge in [0, 0.05) is 18.3 Å². The number of rotatable bonds is 22. The van der Waals surface area contributed by atoms with Gasteiger partial charge in [-0.05, 0) is 135 Å². The molecule has 1 aromatic carbocycles. The average molecular weight is 667 g/mol. The number of phenols is 1. The van der Waals surface area contributed by atoms with E-state index in [-0.39, 0.29) is 23.7 Å². The van der Waals surface area contributed by atoms with Crippen LogP contribution in [-0.4, -0.2) is 38.0 Å². The van der Waals surface area contributed by atoms with E-state index < -0.39 is 17.5 Å². The Morgan fingerprint density at radius 1 is 0.667 bits per heavy atom. The molecule has 0 radical (unpaired) electrons. The number of hydrogen-bond donors (Lipinski definition) is 4. The van der Waals surface area contributed by atoms with E-state index in [4.69, 9.17) is 10.2 Å². The van der Waals surface area contributed by atoms with Crippen LogP contribution in [0.5, 0.6) is 5.75 Å². The van der Waals surface area contributed by atoms with Crippen LogP contribution in [-0.2, 0) is 28.9 Å². The Morgan fingerprint density at radius 2 is 1.15 bits per heavy atom. The number of phenolic OH excluding ortho intramolecular Hbond substituents is 1. The standard InChI is InChI=1S/C42H66O6/c1-40-25-24-34-35(41(40)26-28-42(40,48)29-27-41)23-22-31-30-36(43)32(18-14-10-6-2-4-8-12-16-20-37(44)45)33(39(31)34)19-15-11-7-3-5-9-13-17-21-38(46)47/h30,34-35,43,48H,2-29H2,1H3,(H,44,45)(H,46,47)/t34-,35+,40-,41-,42+/m0/s1. The van der Waals surface area contributed by atoms with Crippen molar-refractivity contribution in [1.82, 2.24) is 0 Å². The highest BCUT2D eigenvalue weighted by atomic mass is 16.4. The number of aliphatic hydroxyl groups is 1. The molecule has 0 amide bonds. The average Bonchev–Trinajstić information content (AvgIpc) is 3.43. The molecule has 0 unspecified atom stereocenters. The molecule has 2 bridgehead atoms. The van der Waals surface area contributed by atoms with Crippen LogP contribution >= 0.6 is 0 Å². The van der Waals surface area contributed by atoms with Gasteiger partial charge in [0.05, 0.1) is 5.60 Å². The normalized spacial score (nSPS) is 28.6. The van der Waals surface area contributed by atoms with E-state index in [1.807, 2.05) is 0 Å². The topological polar surface area (TPSA) is 115 Å². The summed E-state index contributed by atoms with van der Waals surface area (Å²) in [6, 6.07) is 2.15. The van der Waals surface area contributed by atoms with Crippen LogP contribution in [0.15, 0.2) is 6.07 Å². The minimum atomic E-state index is -0.692. The maximum absolute atomic E-state index is 11.7. The number of benzene rings is 1. The first-order chi connectivity index (χ1) is 23.1. The van der Waals surface area contributed by atoms with Gasteiger partial charge in [0.25, 0.3) is 0 Å². The van der Waals surface area contributed by atoms with Gasteiger partial charge in [-0.2, -0.15) is 0 Å². The number of aliphatic carboxylic acids is 2. The first kappa shape index (κ1) is 37.2. The summed E-state index contributed by atoms with van der Waals surface area (Å²) in [5, 5.41) is 40.9. The Hall–Kier alpha value is -2.08. The van der Waals surface area contributed by atoms with Crippen LogP contribution < -0.4 is 0 Å². The fourth-order valence-electron chi connectivity index (χ4n) is 11.5. The summed E-state index contributed by atoms with van der Waals surface area (Å²) in [6.07, 6.45) is 29.1. The van der Waals surface area contributed by atoms with E-state index in [2.05, 4.69) is 13.0 Å². The van der Waals surface area contributed by atoms with Crippen molar-refractivity contribution in [2.45, 2.75) is 198 Å². The monoisotopic (exact) mass is 666 g/mol. The van der Waals surface area contributed by atoms with Gasteiger partial charge in [-0.3, -0.25) is 9.59 Å². The first-order valence-corrected chi connectivity index (χ1v) is 20.1. The molecule has 4 aliphatic rings. The highest BCUT2D eigenvalue weighted by molar-refractivity contribution is 5.66. The van der Waals surface area contributed by atoms with Gasteiger partial charge in [0.1, 0.15) is 5.75 Å². The Bertz CT molecular complexity index is 1230. The van der Waals surface area contributed by atoms with Crippen molar-refractivity contribution in [3.8, 4) is 5.75 Å². The zero-order chi connectivity index (χ0) is 34.2. The molecule has 4 aliphatic carbocycles. The van der Waals surface area contributed by atoms with Crippen molar-refractivity contribution in [3.05, 3.63) is 28.3 Å². The van der Waals surface area contributed by atoms with E-state index in [0.717, 1.165) is 89.9 Å². The van der Waals surface area contributed by atoms with Crippen molar-refractivity contribution < 1.29 is 30.0 Å². The van der Waals surface area contributed by atoms with Crippen LogP contribution in [0.4, 0.5) is 0 Å². The quantitative estimate of drug-likeness (QED) is 0.0916. The number of carboxylic acids is 2. The van der Waals surface area contributed by atoms with Crippen LogP contribution in [0.2, 0.25) is 0 Å². The van der Waals surface area contributed by atoms with Gasteiger partial charge >= 0.3 is 11.9 Å². The van der Waals surface area contributed by atoms with Gasteiger partial charge in [-0.25, -0.2) is 0 Å². The molecule has 0 spiro atoms. The van der Waals surface area contributed by atoms with Gasteiger partial charge in [0.2, 0.25) is 0 Å². The number of carbonyl (C=O) groups is 2. The molecule has 270 valence electrons. The lowest BCUT2D eigenvalue weighted by molar-refractivity contribution is -0.138. The van der Waals surface area contributed by atoms with Gasteiger partial charge < -0.3 is 20.4 Å². The lowest BCUT2D eigenvalue weighted by atomic mass is 9.47. The maximum Gasteiger partial charge on any atom is 0.303 e. The molecular weight excluding hydrogens is 600 g/mol. The van der Waals surface area contributed by atoms with Crippen molar-refractivity contribution in [2.75, 3.05) is 0 Å². The minimum absolute atomic E-state index is 0.0580. The molecule has 4 N–H and O–H groups in total. The maximum atomic E-state index is 11.7. The fourth-order valence-corrected chi connectivity index (χ4v) is 11.5. The fraction of sp³-hybridized carbons (Fsp3) is 0.810. The molecular formula is C42H66O6. The van der Waals surface area contributed by atoms with Crippen molar-refractivity contribution >= 4 is 11.9 Å². The molecule has 0 aromatic heterocycles. The lowest BCUT2D eigenvalue weighted by Gasteiger charge is -2.57. The second kappa shape index (κ2) is 16.8. The zero-order valence-corrected chi connectivity index (χ0v) is 30.1. The van der Waals surface area contributed by atoms with Crippen molar-refractivity contribution in [1.29, 1.82) is 0 Å². The highest BCUT2D eigenvalue weighted by Gasteiger charge is 2.73. The molecule has 0 saturated heterocycles. The molecule has 3 fully saturated rings. The minimum Gasteiger partial charge on any atom is -0.508 e. The van der Waals surface area contributed by atoms with Gasteiger partial charge in [-0.15, -0.1) is 0 Å². The molecule has 48 heavy (non-hydrogen) atoms. The summed E-state index contributed by atoms with van der Waals surface area (Å²) in [7, 11) is 0. The van der Waals surface area contributed by atoms with Crippen LogP contribution in [0.1, 0.15) is 196 Å². The molecule has 5 rings (SSSR count). The van der Waals surface area contributed by atoms with Crippen LogP contribution in [0, 0.1) is 16.7 Å². The smallest absolute Gasteiger partial charge is 0.303 e. The molecule has 6 nitrogen and oxygen atoms in total. The summed E-state index contributed by atoms with van der Waals surface area (Å²) in [6.45, 7) is 2.43. The molecule has 6 heteroatoms. The number of aryl methyl sites for hydroxylation is 1. The number of aromatic hydroxyl groups is 1. The second-order valence-electron chi connectivity index (χ2n) is 16.7. The molecule has 0 heterocycles. The van der Waals surface area contributed by atoms with E-state index >= 15 is 0 Å². The first-order valence-electron chi connectivity index (χ1n) is 20.1.